The molecule has 0 bridgehead atoms. The third kappa shape index (κ3) is 3.75. The molecule has 0 unspecified atom stereocenters. The fourth-order valence-electron chi connectivity index (χ4n) is 1.97. The van der Waals surface area contributed by atoms with E-state index >= 15 is 0 Å². The number of nitrogens with zero attached hydrogens (tertiary/aromatic N) is 2. The van der Waals surface area contributed by atoms with Gasteiger partial charge in [0.1, 0.15) is 0 Å². The molecule has 0 aliphatic carbocycles. The SMILES string of the molecule is Cc1cc(C(=O)NCC(=O)N2CCNCC2)ccn1. The van der Waals surface area contributed by atoms with Gasteiger partial charge in [0.05, 0.1) is 6.54 Å². The smallest absolute Gasteiger partial charge is 0.251 e. The number of carbonyl (C=O) groups excluding carboxylic acids is 2. The molecular formula is C13H18N4O2. The molecule has 1 aliphatic heterocycles. The second-order valence-electron chi connectivity index (χ2n) is 4.50. The molecule has 19 heavy (non-hydrogen) atoms. The predicted molar refractivity (Wildman–Crippen MR) is 70.8 cm³/mol. The molecule has 0 radical (unpaired) electrons. The zero-order valence-corrected chi connectivity index (χ0v) is 11.0. The molecule has 1 saturated heterocycles. The maximum Gasteiger partial charge on any atom is 0.251 e. The van der Waals surface area contributed by atoms with Crippen molar-refractivity contribution in [2.75, 3.05) is 32.7 Å². The van der Waals surface area contributed by atoms with Gasteiger partial charge in [-0.1, -0.05) is 0 Å². The average molecular weight is 262 g/mol. The lowest BCUT2D eigenvalue weighted by atomic mass is 10.2. The lowest BCUT2D eigenvalue weighted by molar-refractivity contribution is -0.130. The Morgan fingerprint density at radius 1 is 1.42 bits per heavy atom. The molecule has 1 aromatic heterocycles. The Kier molecular flexibility index (Phi) is 4.46. The Morgan fingerprint density at radius 2 is 2.16 bits per heavy atom. The van der Waals surface area contributed by atoms with E-state index in [0.717, 1.165) is 18.8 Å². The topological polar surface area (TPSA) is 74.3 Å². The van der Waals surface area contributed by atoms with Gasteiger partial charge in [0, 0.05) is 43.6 Å². The van der Waals surface area contributed by atoms with Crippen LogP contribution in [-0.2, 0) is 4.79 Å². The standard InChI is InChI=1S/C13H18N4O2/c1-10-8-11(2-3-15-10)13(19)16-9-12(18)17-6-4-14-5-7-17/h2-3,8,14H,4-7,9H2,1H3,(H,16,19). The predicted octanol–water partition coefficient (Wildman–Crippen LogP) is -0.448. The van der Waals surface area contributed by atoms with Gasteiger partial charge >= 0.3 is 0 Å². The molecule has 6 nitrogen and oxygen atoms in total. The van der Waals surface area contributed by atoms with Crippen molar-refractivity contribution in [3.63, 3.8) is 0 Å². The zero-order chi connectivity index (χ0) is 13.7. The van der Waals surface area contributed by atoms with Crippen molar-refractivity contribution in [1.29, 1.82) is 0 Å². The van der Waals surface area contributed by atoms with E-state index in [1.807, 2.05) is 6.92 Å². The fourth-order valence-corrected chi connectivity index (χ4v) is 1.97. The van der Waals surface area contributed by atoms with Crippen molar-refractivity contribution in [3.05, 3.63) is 29.6 Å². The van der Waals surface area contributed by atoms with Crippen LogP contribution >= 0.6 is 0 Å². The maximum atomic E-state index is 11.9. The molecule has 1 aliphatic rings. The van der Waals surface area contributed by atoms with E-state index in [4.69, 9.17) is 0 Å². The van der Waals surface area contributed by atoms with Gasteiger partial charge in [-0.3, -0.25) is 14.6 Å². The second-order valence-corrected chi connectivity index (χ2v) is 4.50. The summed E-state index contributed by atoms with van der Waals surface area (Å²) >= 11 is 0. The molecule has 1 aromatic rings. The van der Waals surface area contributed by atoms with E-state index in [1.54, 1.807) is 23.2 Å². The van der Waals surface area contributed by atoms with E-state index < -0.39 is 0 Å². The third-order valence-corrected chi connectivity index (χ3v) is 3.03. The number of amides is 2. The molecule has 0 spiro atoms. The molecule has 0 atom stereocenters. The maximum absolute atomic E-state index is 11.9. The number of carbonyl (C=O) groups is 2. The van der Waals surface area contributed by atoms with Crippen LogP contribution in [-0.4, -0.2) is 54.4 Å². The summed E-state index contributed by atoms with van der Waals surface area (Å²) in [4.78, 5) is 29.5. The molecule has 2 heterocycles. The van der Waals surface area contributed by atoms with Crippen LogP contribution in [0.3, 0.4) is 0 Å². The Bertz CT molecular complexity index is 469. The number of aromatic nitrogens is 1. The van der Waals surface area contributed by atoms with Crippen molar-refractivity contribution in [2.24, 2.45) is 0 Å². The molecular weight excluding hydrogens is 244 g/mol. The monoisotopic (exact) mass is 262 g/mol. The van der Waals surface area contributed by atoms with Gasteiger partial charge in [-0.15, -0.1) is 0 Å². The third-order valence-electron chi connectivity index (χ3n) is 3.03. The minimum atomic E-state index is -0.242. The molecule has 2 N–H and O–H groups in total. The van der Waals surface area contributed by atoms with Crippen molar-refractivity contribution in [3.8, 4) is 0 Å². The Labute approximate surface area is 112 Å². The summed E-state index contributed by atoms with van der Waals surface area (Å²) in [6.45, 7) is 4.88. The summed E-state index contributed by atoms with van der Waals surface area (Å²) in [6, 6.07) is 3.34. The van der Waals surface area contributed by atoms with Crippen molar-refractivity contribution in [2.45, 2.75) is 6.92 Å². The molecule has 6 heteroatoms. The highest BCUT2D eigenvalue weighted by Gasteiger charge is 2.16. The first kappa shape index (κ1) is 13.5. The first-order chi connectivity index (χ1) is 9.16. The van der Waals surface area contributed by atoms with E-state index in [2.05, 4.69) is 15.6 Å². The summed E-state index contributed by atoms with van der Waals surface area (Å²) in [6.07, 6.45) is 1.59. The van der Waals surface area contributed by atoms with E-state index in [0.29, 0.717) is 18.7 Å². The lowest BCUT2D eigenvalue weighted by Gasteiger charge is -2.27. The van der Waals surface area contributed by atoms with Gasteiger partial charge in [0.25, 0.3) is 5.91 Å². The van der Waals surface area contributed by atoms with Crippen molar-refractivity contribution >= 4 is 11.8 Å². The highest BCUT2D eigenvalue weighted by atomic mass is 16.2. The molecule has 1 fully saturated rings. The second kappa shape index (κ2) is 6.29. The lowest BCUT2D eigenvalue weighted by Crippen LogP contribution is -2.49. The molecule has 102 valence electrons. The Balaban J connectivity index is 1.84. The molecule has 0 aromatic carbocycles. The Hall–Kier alpha value is -1.95. The molecule has 2 amide bonds. The van der Waals surface area contributed by atoms with E-state index in [-0.39, 0.29) is 18.4 Å². The van der Waals surface area contributed by atoms with Gasteiger partial charge in [-0.25, -0.2) is 0 Å². The quantitative estimate of drug-likeness (QED) is 0.774. The Morgan fingerprint density at radius 3 is 2.84 bits per heavy atom. The number of piperazine rings is 1. The minimum absolute atomic E-state index is 0.0411. The van der Waals surface area contributed by atoms with E-state index in [9.17, 15) is 9.59 Å². The van der Waals surface area contributed by atoms with Crippen molar-refractivity contribution < 1.29 is 9.59 Å². The number of pyridine rings is 1. The highest BCUT2D eigenvalue weighted by Crippen LogP contribution is 2.00. The molecule has 2 rings (SSSR count). The molecule has 0 saturated carbocycles. The number of hydrogen-bond acceptors (Lipinski definition) is 4. The van der Waals surface area contributed by atoms with Gasteiger partial charge in [0.2, 0.25) is 5.91 Å². The van der Waals surface area contributed by atoms with Crippen LogP contribution in [0.25, 0.3) is 0 Å². The van der Waals surface area contributed by atoms with Gasteiger partial charge in [-0.05, 0) is 19.1 Å². The van der Waals surface area contributed by atoms with Crippen LogP contribution in [0.1, 0.15) is 16.1 Å². The fraction of sp³-hybridized carbons (Fsp3) is 0.462. The minimum Gasteiger partial charge on any atom is -0.343 e. The van der Waals surface area contributed by atoms with E-state index in [1.165, 1.54) is 0 Å². The number of hydrogen-bond donors (Lipinski definition) is 2. The summed E-state index contributed by atoms with van der Waals surface area (Å²) < 4.78 is 0. The number of rotatable bonds is 3. The number of nitrogens with one attached hydrogen (secondary N) is 2. The summed E-state index contributed by atoms with van der Waals surface area (Å²) in [5.41, 5.74) is 1.31. The van der Waals surface area contributed by atoms with Crippen LogP contribution in [0.4, 0.5) is 0 Å². The zero-order valence-electron chi connectivity index (χ0n) is 11.0. The van der Waals surface area contributed by atoms with Crippen LogP contribution in [0.2, 0.25) is 0 Å². The average Bonchev–Trinajstić information content (AvgIpc) is 2.45. The van der Waals surface area contributed by atoms with Gasteiger partial charge in [0.15, 0.2) is 0 Å². The van der Waals surface area contributed by atoms with Crippen LogP contribution in [0.15, 0.2) is 18.3 Å². The number of aryl methyl sites for hydroxylation is 1. The normalized spacial score (nSPS) is 15.1. The summed E-state index contributed by atoms with van der Waals surface area (Å²) in [7, 11) is 0. The van der Waals surface area contributed by atoms with Crippen molar-refractivity contribution in [1.82, 2.24) is 20.5 Å². The first-order valence-electron chi connectivity index (χ1n) is 6.36. The van der Waals surface area contributed by atoms with Crippen LogP contribution in [0.5, 0.6) is 0 Å². The largest absolute Gasteiger partial charge is 0.343 e. The van der Waals surface area contributed by atoms with Gasteiger partial charge in [-0.2, -0.15) is 0 Å². The van der Waals surface area contributed by atoms with Crippen LogP contribution < -0.4 is 10.6 Å². The van der Waals surface area contributed by atoms with Gasteiger partial charge < -0.3 is 15.5 Å². The highest BCUT2D eigenvalue weighted by molar-refractivity contribution is 5.96. The first-order valence-corrected chi connectivity index (χ1v) is 6.36. The summed E-state index contributed by atoms with van der Waals surface area (Å²) in [5.74, 6) is -0.283. The summed E-state index contributed by atoms with van der Waals surface area (Å²) in [5, 5.41) is 5.82. The van der Waals surface area contributed by atoms with Crippen LogP contribution in [0, 0.1) is 6.92 Å².